The number of urea groups is 1. The van der Waals surface area contributed by atoms with Gasteiger partial charge in [-0.1, -0.05) is 12.1 Å². The second-order valence-corrected chi connectivity index (χ2v) is 5.91. The molecule has 0 saturated carbocycles. The maximum atomic E-state index is 12.3. The number of likely N-dealkylation sites (tertiary alicyclic amines) is 1. The number of nitrogens with one attached hydrogen (secondary N) is 1. The Hall–Kier alpha value is -1.59. The van der Waals surface area contributed by atoms with Crippen molar-refractivity contribution in [2.24, 2.45) is 0 Å². The molecule has 2 rings (SSSR count). The van der Waals surface area contributed by atoms with Crippen LogP contribution < -0.4 is 5.32 Å². The van der Waals surface area contributed by atoms with Crippen LogP contribution in [-0.2, 0) is 4.74 Å². The zero-order chi connectivity index (χ0) is 15.5. The van der Waals surface area contributed by atoms with E-state index in [0.717, 1.165) is 24.9 Å². The standard InChI is InChI=1S/C16H24N2O3/c1-12(19)13-6-4-7-14(10-13)17-15(20)18-9-5-8-16(2,11-18)21-3/h4,6-7,10,12,19H,5,8-9,11H2,1-3H3,(H,17,20). The molecule has 116 valence electrons. The average molecular weight is 292 g/mol. The molecule has 5 nitrogen and oxygen atoms in total. The molecule has 2 atom stereocenters. The molecular weight excluding hydrogens is 268 g/mol. The van der Waals surface area contributed by atoms with Gasteiger partial charge in [0.1, 0.15) is 0 Å². The van der Waals surface area contributed by atoms with Crippen LogP contribution in [0.1, 0.15) is 38.4 Å². The molecule has 1 saturated heterocycles. The highest BCUT2D eigenvalue weighted by molar-refractivity contribution is 5.89. The largest absolute Gasteiger partial charge is 0.389 e. The van der Waals surface area contributed by atoms with E-state index in [1.165, 1.54) is 0 Å². The lowest BCUT2D eigenvalue weighted by molar-refractivity contribution is -0.0389. The van der Waals surface area contributed by atoms with Gasteiger partial charge in [-0.3, -0.25) is 0 Å². The molecule has 2 amide bonds. The maximum Gasteiger partial charge on any atom is 0.321 e. The fourth-order valence-corrected chi connectivity index (χ4v) is 2.62. The summed E-state index contributed by atoms with van der Waals surface area (Å²) in [5, 5.41) is 12.5. The molecule has 0 aliphatic carbocycles. The molecule has 2 N–H and O–H groups in total. The van der Waals surface area contributed by atoms with Crippen molar-refractivity contribution < 1.29 is 14.6 Å². The van der Waals surface area contributed by atoms with Crippen molar-refractivity contribution in [2.45, 2.75) is 38.4 Å². The number of anilines is 1. The highest BCUT2D eigenvalue weighted by atomic mass is 16.5. The number of carbonyl (C=O) groups excluding carboxylic acids is 1. The molecule has 2 unspecified atom stereocenters. The van der Waals surface area contributed by atoms with Gasteiger partial charge >= 0.3 is 6.03 Å². The van der Waals surface area contributed by atoms with Crippen molar-refractivity contribution in [1.82, 2.24) is 4.90 Å². The number of benzene rings is 1. The minimum absolute atomic E-state index is 0.124. The summed E-state index contributed by atoms with van der Waals surface area (Å²) in [5.41, 5.74) is 1.22. The minimum atomic E-state index is -0.548. The zero-order valence-electron chi connectivity index (χ0n) is 12.9. The van der Waals surface area contributed by atoms with Gasteiger partial charge in [0.05, 0.1) is 18.2 Å². The van der Waals surface area contributed by atoms with Crippen molar-refractivity contribution >= 4 is 11.7 Å². The lowest BCUT2D eigenvalue weighted by Gasteiger charge is -2.39. The summed E-state index contributed by atoms with van der Waals surface area (Å²) in [6, 6.07) is 7.16. The first-order valence-electron chi connectivity index (χ1n) is 7.33. The summed E-state index contributed by atoms with van der Waals surface area (Å²) in [7, 11) is 1.69. The Morgan fingerprint density at radius 1 is 1.52 bits per heavy atom. The van der Waals surface area contributed by atoms with Gasteiger partial charge in [0, 0.05) is 19.3 Å². The van der Waals surface area contributed by atoms with Crippen LogP contribution in [0, 0.1) is 0 Å². The predicted molar refractivity (Wildman–Crippen MR) is 82.3 cm³/mol. The molecule has 1 fully saturated rings. The van der Waals surface area contributed by atoms with Gasteiger partial charge in [-0.2, -0.15) is 0 Å². The molecular formula is C16H24N2O3. The van der Waals surface area contributed by atoms with E-state index in [2.05, 4.69) is 5.32 Å². The summed E-state index contributed by atoms with van der Waals surface area (Å²) in [6.07, 6.45) is 1.35. The first-order valence-corrected chi connectivity index (χ1v) is 7.33. The zero-order valence-corrected chi connectivity index (χ0v) is 12.9. The molecule has 1 heterocycles. The Morgan fingerprint density at radius 3 is 2.95 bits per heavy atom. The van der Waals surface area contributed by atoms with E-state index < -0.39 is 6.10 Å². The maximum absolute atomic E-state index is 12.3. The van der Waals surface area contributed by atoms with Crippen LogP contribution in [0.4, 0.5) is 10.5 Å². The van der Waals surface area contributed by atoms with Crippen molar-refractivity contribution in [2.75, 3.05) is 25.5 Å². The predicted octanol–water partition coefficient (Wildman–Crippen LogP) is 2.77. The van der Waals surface area contributed by atoms with E-state index in [-0.39, 0.29) is 11.6 Å². The van der Waals surface area contributed by atoms with Crippen molar-refractivity contribution in [3.63, 3.8) is 0 Å². The molecule has 1 aliphatic rings. The summed E-state index contributed by atoms with van der Waals surface area (Å²) < 4.78 is 5.51. The minimum Gasteiger partial charge on any atom is -0.389 e. The topological polar surface area (TPSA) is 61.8 Å². The Balaban J connectivity index is 2.02. The number of rotatable bonds is 3. The van der Waals surface area contributed by atoms with Crippen LogP contribution >= 0.6 is 0 Å². The fourth-order valence-electron chi connectivity index (χ4n) is 2.62. The van der Waals surface area contributed by atoms with E-state index in [9.17, 15) is 9.90 Å². The Labute approximate surface area is 125 Å². The third-order valence-corrected chi connectivity index (χ3v) is 4.06. The number of aliphatic hydroxyl groups is 1. The van der Waals surface area contributed by atoms with Crippen LogP contribution in [0.3, 0.4) is 0 Å². The van der Waals surface area contributed by atoms with E-state index in [4.69, 9.17) is 4.74 Å². The van der Waals surface area contributed by atoms with Crippen LogP contribution in [-0.4, -0.2) is 41.8 Å². The number of ether oxygens (including phenoxy) is 1. The quantitative estimate of drug-likeness (QED) is 0.900. The summed E-state index contributed by atoms with van der Waals surface area (Å²) in [5.74, 6) is 0. The summed E-state index contributed by atoms with van der Waals surface area (Å²) in [6.45, 7) is 5.06. The highest BCUT2D eigenvalue weighted by Gasteiger charge is 2.33. The summed E-state index contributed by atoms with van der Waals surface area (Å²) in [4.78, 5) is 14.1. The van der Waals surface area contributed by atoms with Gasteiger partial charge in [0.25, 0.3) is 0 Å². The third kappa shape index (κ3) is 3.95. The van der Waals surface area contributed by atoms with Crippen molar-refractivity contribution in [3.8, 4) is 0 Å². The second-order valence-electron chi connectivity index (χ2n) is 5.91. The van der Waals surface area contributed by atoms with Gasteiger partial charge < -0.3 is 20.1 Å². The molecule has 0 radical (unpaired) electrons. The number of aliphatic hydroxyl groups excluding tert-OH is 1. The van der Waals surface area contributed by atoms with Gasteiger partial charge in [0.2, 0.25) is 0 Å². The summed E-state index contributed by atoms with van der Waals surface area (Å²) >= 11 is 0. The Bertz CT molecular complexity index is 504. The van der Waals surface area contributed by atoms with Gasteiger partial charge in [-0.05, 0) is 44.4 Å². The second kappa shape index (κ2) is 6.45. The number of methoxy groups -OCH3 is 1. The monoisotopic (exact) mass is 292 g/mol. The lowest BCUT2D eigenvalue weighted by atomic mass is 9.95. The molecule has 21 heavy (non-hydrogen) atoms. The van der Waals surface area contributed by atoms with Gasteiger partial charge in [-0.15, -0.1) is 0 Å². The fraction of sp³-hybridized carbons (Fsp3) is 0.562. The van der Waals surface area contributed by atoms with Gasteiger partial charge in [-0.25, -0.2) is 4.79 Å². The molecule has 0 bridgehead atoms. The Kier molecular flexibility index (Phi) is 4.85. The molecule has 0 aromatic heterocycles. The number of hydrogen-bond acceptors (Lipinski definition) is 3. The highest BCUT2D eigenvalue weighted by Crippen LogP contribution is 2.24. The molecule has 5 heteroatoms. The van der Waals surface area contributed by atoms with Gasteiger partial charge in [0.15, 0.2) is 0 Å². The smallest absolute Gasteiger partial charge is 0.321 e. The SMILES string of the molecule is COC1(C)CCCN(C(=O)Nc2cccc(C(C)O)c2)C1. The van der Waals surface area contributed by atoms with Crippen molar-refractivity contribution in [1.29, 1.82) is 0 Å². The van der Waals surface area contributed by atoms with Crippen LogP contribution in [0.15, 0.2) is 24.3 Å². The number of nitrogens with zero attached hydrogens (tertiary/aromatic N) is 1. The number of amides is 2. The molecule has 0 spiro atoms. The third-order valence-electron chi connectivity index (χ3n) is 4.06. The van der Waals surface area contributed by atoms with Crippen LogP contribution in [0.25, 0.3) is 0 Å². The first-order chi connectivity index (χ1) is 9.93. The first kappa shape index (κ1) is 15.8. The average Bonchev–Trinajstić information content (AvgIpc) is 2.47. The van der Waals surface area contributed by atoms with E-state index in [0.29, 0.717) is 12.2 Å². The Morgan fingerprint density at radius 2 is 2.29 bits per heavy atom. The molecule has 1 aromatic carbocycles. The normalized spacial score (nSPS) is 23.7. The van der Waals surface area contributed by atoms with E-state index >= 15 is 0 Å². The van der Waals surface area contributed by atoms with Crippen molar-refractivity contribution in [3.05, 3.63) is 29.8 Å². The number of carbonyl (C=O) groups is 1. The van der Waals surface area contributed by atoms with Crippen LogP contribution in [0.2, 0.25) is 0 Å². The molecule has 1 aliphatic heterocycles. The van der Waals surface area contributed by atoms with Crippen LogP contribution in [0.5, 0.6) is 0 Å². The lowest BCUT2D eigenvalue weighted by Crippen LogP contribution is -2.50. The number of hydrogen-bond donors (Lipinski definition) is 2. The number of piperidine rings is 1. The van der Waals surface area contributed by atoms with E-state index in [1.54, 1.807) is 25.0 Å². The van der Waals surface area contributed by atoms with E-state index in [1.807, 2.05) is 25.1 Å². The molecule has 1 aromatic rings.